The van der Waals surface area contributed by atoms with Crippen molar-refractivity contribution in [2.45, 2.75) is 19.3 Å². The normalized spacial score (nSPS) is 13.3. The van der Waals surface area contributed by atoms with Crippen molar-refractivity contribution in [2.24, 2.45) is 0 Å². The molecule has 4 rings (SSSR count). The van der Waals surface area contributed by atoms with Crippen LogP contribution in [0.3, 0.4) is 0 Å². The third-order valence-electron chi connectivity index (χ3n) is 3.83. The largest absolute Gasteiger partial charge is 0.298 e. The number of nitrogens with one attached hydrogen (secondary N) is 1. The summed E-state index contributed by atoms with van der Waals surface area (Å²) in [4.78, 5) is 18.2. The van der Waals surface area contributed by atoms with E-state index in [4.69, 9.17) is 0 Å². The standard InChI is InChI=1S/C17H14N2OS/c20-16(19-17-18-14-6-3-7-15(14)21-17)13-9-8-11-4-1-2-5-12(11)10-13/h1-2,4-5,8-10H,3,6-7H2,(H,18,19,20). The van der Waals surface area contributed by atoms with Gasteiger partial charge in [-0.15, -0.1) is 11.3 Å². The fourth-order valence-electron chi connectivity index (χ4n) is 2.74. The molecule has 3 aromatic rings. The Hall–Kier alpha value is -2.20. The molecule has 0 spiro atoms. The van der Waals surface area contributed by atoms with Gasteiger partial charge < -0.3 is 0 Å². The van der Waals surface area contributed by atoms with Gasteiger partial charge in [0.1, 0.15) is 0 Å². The maximum absolute atomic E-state index is 12.3. The Balaban J connectivity index is 1.60. The summed E-state index contributed by atoms with van der Waals surface area (Å²) in [5, 5.41) is 5.86. The molecule has 3 nitrogen and oxygen atoms in total. The number of amides is 1. The Kier molecular flexibility index (Phi) is 2.97. The number of carbonyl (C=O) groups excluding carboxylic acids is 1. The van der Waals surface area contributed by atoms with Crippen molar-refractivity contribution in [3.05, 3.63) is 58.6 Å². The van der Waals surface area contributed by atoms with Crippen molar-refractivity contribution in [1.82, 2.24) is 4.98 Å². The monoisotopic (exact) mass is 294 g/mol. The number of aromatic nitrogens is 1. The first kappa shape index (κ1) is 12.5. The lowest BCUT2D eigenvalue weighted by Crippen LogP contribution is -2.11. The molecule has 0 atom stereocenters. The zero-order chi connectivity index (χ0) is 14.2. The maximum atomic E-state index is 12.3. The average Bonchev–Trinajstić information content (AvgIpc) is 3.08. The Morgan fingerprint density at radius 3 is 2.81 bits per heavy atom. The lowest BCUT2D eigenvalue weighted by atomic mass is 10.1. The van der Waals surface area contributed by atoms with Gasteiger partial charge in [0.25, 0.3) is 5.91 Å². The van der Waals surface area contributed by atoms with E-state index in [1.54, 1.807) is 11.3 Å². The van der Waals surface area contributed by atoms with E-state index >= 15 is 0 Å². The van der Waals surface area contributed by atoms with Gasteiger partial charge in [-0.05, 0) is 42.2 Å². The van der Waals surface area contributed by atoms with Crippen molar-refractivity contribution in [1.29, 1.82) is 0 Å². The topological polar surface area (TPSA) is 42.0 Å². The van der Waals surface area contributed by atoms with Gasteiger partial charge in [0, 0.05) is 10.4 Å². The number of aryl methyl sites for hydroxylation is 2. The van der Waals surface area contributed by atoms with Crippen molar-refractivity contribution >= 4 is 33.1 Å². The van der Waals surface area contributed by atoms with E-state index in [1.165, 1.54) is 11.3 Å². The number of thiazole rings is 1. The molecule has 0 bridgehead atoms. The van der Waals surface area contributed by atoms with Gasteiger partial charge in [-0.2, -0.15) is 0 Å². The van der Waals surface area contributed by atoms with Crippen LogP contribution in [0.15, 0.2) is 42.5 Å². The van der Waals surface area contributed by atoms with Crippen LogP contribution >= 0.6 is 11.3 Å². The molecule has 1 heterocycles. The summed E-state index contributed by atoms with van der Waals surface area (Å²) in [6, 6.07) is 13.8. The lowest BCUT2D eigenvalue weighted by molar-refractivity contribution is 0.102. The number of anilines is 1. The number of nitrogens with zero attached hydrogens (tertiary/aromatic N) is 1. The smallest absolute Gasteiger partial charge is 0.257 e. The highest BCUT2D eigenvalue weighted by Crippen LogP contribution is 2.30. The second kappa shape index (κ2) is 4.97. The number of carbonyl (C=O) groups is 1. The van der Waals surface area contributed by atoms with Gasteiger partial charge in [0.15, 0.2) is 5.13 Å². The highest BCUT2D eigenvalue weighted by atomic mass is 32.1. The van der Waals surface area contributed by atoms with E-state index in [9.17, 15) is 4.79 Å². The van der Waals surface area contributed by atoms with Gasteiger partial charge in [-0.25, -0.2) is 4.98 Å². The van der Waals surface area contributed by atoms with Crippen LogP contribution in [-0.2, 0) is 12.8 Å². The minimum absolute atomic E-state index is 0.0897. The zero-order valence-electron chi connectivity index (χ0n) is 11.4. The Morgan fingerprint density at radius 1 is 1.10 bits per heavy atom. The Bertz CT molecular complexity index is 816. The van der Waals surface area contributed by atoms with Crippen LogP contribution in [0.25, 0.3) is 10.8 Å². The van der Waals surface area contributed by atoms with Gasteiger partial charge in [0.05, 0.1) is 5.69 Å². The molecule has 0 saturated carbocycles. The number of hydrogen-bond acceptors (Lipinski definition) is 3. The van der Waals surface area contributed by atoms with Crippen molar-refractivity contribution in [2.75, 3.05) is 5.32 Å². The summed E-state index contributed by atoms with van der Waals surface area (Å²) >= 11 is 1.61. The summed E-state index contributed by atoms with van der Waals surface area (Å²) in [7, 11) is 0. The third-order valence-corrected chi connectivity index (χ3v) is 4.90. The molecular formula is C17H14N2OS. The molecule has 4 heteroatoms. The van der Waals surface area contributed by atoms with E-state index in [2.05, 4.69) is 10.3 Å². The molecule has 0 fully saturated rings. The predicted octanol–water partition coefficient (Wildman–Crippen LogP) is 4.04. The lowest BCUT2D eigenvalue weighted by Gasteiger charge is -2.04. The molecule has 21 heavy (non-hydrogen) atoms. The van der Waals surface area contributed by atoms with Crippen molar-refractivity contribution in [3.63, 3.8) is 0 Å². The SMILES string of the molecule is O=C(Nc1nc2c(s1)CCC2)c1ccc2ccccc2c1. The minimum Gasteiger partial charge on any atom is -0.298 e. The molecule has 1 aliphatic rings. The van der Waals surface area contributed by atoms with Crippen molar-refractivity contribution < 1.29 is 4.79 Å². The molecule has 0 radical (unpaired) electrons. The van der Waals surface area contributed by atoms with Crippen LogP contribution in [-0.4, -0.2) is 10.9 Å². The van der Waals surface area contributed by atoms with Crippen LogP contribution < -0.4 is 5.32 Å². The fourth-order valence-corrected chi connectivity index (χ4v) is 3.79. The molecule has 0 aliphatic heterocycles. The highest BCUT2D eigenvalue weighted by Gasteiger charge is 2.18. The second-order valence-electron chi connectivity index (χ2n) is 5.26. The maximum Gasteiger partial charge on any atom is 0.257 e. The molecule has 0 saturated heterocycles. The van der Waals surface area contributed by atoms with Crippen LogP contribution in [0.4, 0.5) is 5.13 Å². The van der Waals surface area contributed by atoms with E-state index < -0.39 is 0 Å². The first-order valence-corrected chi connectivity index (χ1v) is 7.90. The van der Waals surface area contributed by atoms with Crippen LogP contribution in [0.5, 0.6) is 0 Å². The second-order valence-corrected chi connectivity index (χ2v) is 6.34. The van der Waals surface area contributed by atoms with Crippen LogP contribution in [0, 0.1) is 0 Å². The Labute approximate surface area is 126 Å². The summed E-state index contributed by atoms with van der Waals surface area (Å²) < 4.78 is 0. The number of hydrogen-bond donors (Lipinski definition) is 1. The minimum atomic E-state index is -0.0897. The molecule has 104 valence electrons. The number of benzene rings is 2. The molecule has 1 amide bonds. The van der Waals surface area contributed by atoms with E-state index in [1.807, 2.05) is 42.5 Å². The highest BCUT2D eigenvalue weighted by molar-refractivity contribution is 7.16. The van der Waals surface area contributed by atoms with Gasteiger partial charge >= 0.3 is 0 Å². The van der Waals surface area contributed by atoms with E-state index in [0.29, 0.717) is 5.56 Å². The molecule has 1 aromatic heterocycles. The quantitative estimate of drug-likeness (QED) is 0.775. The summed E-state index contributed by atoms with van der Waals surface area (Å²) in [6.45, 7) is 0. The summed E-state index contributed by atoms with van der Waals surface area (Å²) in [5.74, 6) is -0.0897. The summed E-state index contributed by atoms with van der Waals surface area (Å²) in [5.41, 5.74) is 1.83. The molecule has 2 aromatic carbocycles. The first-order valence-electron chi connectivity index (χ1n) is 7.08. The van der Waals surface area contributed by atoms with Gasteiger partial charge in [-0.1, -0.05) is 30.3 Å². The molecule has 1 N–H and O–H groups in total. The first-order chi connectivity index (χ1) is 10.3. The van der Waals surface area contributed by atoms with E-state index in [0.717, 1.165) is 34.4 Å². The van der Waals surface area contributed by atoms with Crippen molar-refractivity contribution in [3.8, 4) is 0 Å². The van der Waals surface area contributed by atoms with Gasteiger partial charge in [0.2, 0.25) is 0 Å². The fraction of sp³-hybridized carbons (Fsp3) is 0.176. The Morgan fingerprint density at radius 2 is 1.95 bits per heavy atom. The molecular weight excluding hydrogens is 280 g/mol. The van der Waals surface area contributed by atoms with E-state index in [-0.39, 0.29) is 5.91 Å². The third kappa shape index (κ3) is 2.32. The number of fused-ring (bicyclic) bond motifs is 2. The molecule has 1 aliphatic carbocycles. The molecule has 0 unspecified atom stereocenters. The van der Waals surface area contributed by atoms with Crippen LogP contribution in [0.1, 0.15) is 27.3 Å². The summed E-state index contributed by atoms with van der Waals surface area (Å²) in [6.07, 6.45) is 3.32. The average molecular weight is 294 g/mol. The predicted molar refractivity (Wildman–Crippen MR) is 86.0 cm³/mol. The van der Waals surface area contributed by atoms with Gasteiger partial charge in [-0.3, -0.25) is 10.1 Å². The number of rotatable bonds is 2. The zero-order valence-corrected chi connectivity index (χ0v) is 12.2. The van der Waals surface area contributed by atoms with Crippen LogP contribution in [0.2, 0.25) is 0 Å².